The Labute approximate surface area is 122 Å². The quantitative estimate of drug-likeness (QED) is 0.799. The van der Waals surface area contributed by atoms with E-state index in [4.69, 9.17) is 14.6 Å². The van der Waals surface area contributed by atoms with Gasteiger partial charge in [-0.15, -0.1) is 0 Å². The van der Waals surface area contributed by atoms with Gasteiger partial charge in [0.25, 0.3) is 0 Å². The number of rotatable bonds is 7. The predicted molar refractivity (Wildman–Crippen MR) is 78.7 cm³/mol. The summed E-state index contributed by atoms with van der Waals surface area (Å²) in [5.74, 6) is 1.49. The second-order valence-electron chi connectivity index (χ2n) is 4.53. The molecule has 5 nitrogen and oxygen atoms in total. The number of thioether (sulfide) groups is 1. The summed E-state index contributed by atoms with van der Waals surface area (Å²) in [6, 6.07) is 5.17. The molecule has 1 aromatic carbocycles. The summed E-state index contributed by atoms with van der Waals surface area (Å²) in [6.45, 7) is 1.62. The van der Waals surface area contributed by atoms with Gasteiger partial charge in [-0.05, 0) is 36.1 Å². The highest BCUT2D eigenvalue weighted by atomic mass is 32.2. The van der Waals surface area contributed by atoms with Crippen LogP contribution in [0.25, 0.3) is 0 Å². The maximum Gasteiger partial charge on any atom is 0.320 e. The summed E-state index contributed by atoms with van der Waals surface area (Å²) in [6.07, 6.45) is 2.58. The molecule has 6 heteroatoms. The fraction of sp³-hybridized carbons (Fsp3) is 0.500. The zero-order valence-electron chi connectivity index (χ0n) is 11.4. The molecule has 0 saturated heterocycles. The number of carboxylic acid groups (broad SMARTS) is 1. The summed E-state index contributed by atoms with van der Waals surface area (Å²) in [7, 11) is 0. The average Bonchev–Trinajstić information content (AvgIpc) is 2.46. The molecule has 1 unspecified atom stereocenters. The van der Waals surface area contributed by atoms with Crippen molar-refractivity contribution in [3.8, 4) is 11.5 Å². The molecule has 1 atom stereocenters. The van der Waals surface area contributed by atoms with Gasteiger partial charge in [-0.3, -0.25) is 4.79 Å². The summed E-state index contributed by atoms with van der Waals surface area (Å²) >= 11 is 1.65. The highest BCUT2D eigenvalue weighted by Crippen LogP contribution is 2.30. The molecule has 1 aliphatic rings. The van der Waals surface area contributed by atoms with Gasteiger partial charge in [-0.2, -0.15) is 11.8 Å². The summed E-state index contributed by atoms with van der Waals surface area (Å²) in [5.41, 5.74) is 0.990. The Morgan fingerprint density at radius 3 is 2.85 bits per heavy atom. The standard InChI is InChI=1S/C14H19NO4S/c1-20-7-4-11(14(16)17)15-9-10-2-3-12-13(8-10)19-6-5-18-12/h2-3,8,11,15H,4-7,9H2,1H3,(H,16,17). The Balaban J connectivity index is 1.93. The Morgan fingerprint density at radius 2 is 2.15 bits per heavy atom. The molecule has 1 aromatic rings. The van der Waals surface area contributed by atoms with Crippen molar-refractivity contribution < 1.29 is 19.4 Å². The Morgan fingerprint density at radius 1 is 1.40 bits per heavy atom. The summed E-state index contributed by atoms with van der Waals surface area (Å²) in [4.78, 5) is 11.1. The van der Waals surface area contributed by atoms with E-state index in [9.17, 15) is 4.79 Å². The monoisotopic (exact) mass is 297 g/mol. The minimum Gasteiger partial charge on any atom is -0.486 e. The number of ether oxygens (including phenoxy) is 2. The molecule has 110 valence electrons. The third kappa shape index (κ3) is 4.05. The molecular weight excluding hydrogens is 278 g/mol. The molecule has 0 spiro atoms. The second kappa shape index (κ2) is 7.40. The van der Waals surface area contributed by atoms with Crippen LogP contribution in [0.3, 0.4) is 0 Å². The van der Waals surface area contributed by atoms with Crippen LogP contribution in [0.15, 0.2) is 18.2 Å². The van der Waals surface area contributed by atoms with Crippen LogP contribution in [0.2, 0.25) is 0 Å². The van der Waals surface area contributed by atoms with Crippen molar-refractivity contribution >= 4 is 17.7 Å². The molecule has 1 aliphatic heterocycles. The first-order valence-electron chi connectivity index (χ1n) is 6.54. The lowest BCUT2D eigenvalue weighted by atomic mass is 10.1. The van der Waals surface area contributed by atoms with E-state index in [0.29, 0.717) is 26.2 Å². The van der Waals surface area contributed by atoms with Crippen LogP contribution in [0, 0.1) is 0 Å². The van der Waals surface area contributed by atoms with Crippen LogP contribution in [-0.4, -0.2) is 42.3 Å². The van der Waals surface area contributed by atoms with E-state index >= 15 is 0 Å². The fourth-order valence-corrected chi connectivity index (χ4v) is 2.46. The molecule has 0 aliphatic carbocycles. The van der Waals surface area contributed by atoms with Gasteiger partial charge >= 0.3 is 5.97 Å². The van der Waals surface area contributed by atoms with Crippen LogP contribution in [-0.2, 0) is 11.3 Å². The van der Waals surface area contributed by atoms with Crippen molar-refractivity contribution in [2.24, 2.45) is 0 Å². The summed E-state index contributed by atoms with van der Waals surface area (Å²) in [5, 5.41) is 12.2. The van der Waals surface area contributed by atoms with Crippen molar-refractivity contribution in [2.45, 2.75) is 19.0 Å². The number of hydrogen-bond acceptors (Lipinski definition) is 5. The van der Waals surface area contributed by atoms with Gasteiger partial charge in [-0.1, -0.05) is 6.07 Å². The zero-order chi connectivity index (χ0) is 14.4. The predicted octanol–water partition coefficient (Wildman–Crippen LogP) is 1.75. The van der Waals surface area contributed by atoms with Gasteiger partial charge in [0.2, 0.25) is 0 Å². The lowest BCUT2D eigenvalue weighted by Crippen LogP contribution is -2.36. The first-order chi connectivity index (χ1) is 9.70. The second-order valence-corrected chi connectivity index (χ2v) is 5.52. The van der Waals surface area contributed by atoms with E-state index in [1.807, 2.05) is 24.5 Å². The molecule has 0 saturated carbocycles. The zero-order valence-corrected chi connectivity index (χ0v) is 12.2. The molecule has 2 N–H and O–H groups in total. The topological polar surface area (TPSA) is 67.8 Å². The lowest BCUT2D eigenvalue weighted by Gasteiger charge is -2.19. The van der Waals surface area contributed by atoms with Crippen LogP contribution in [0.4, 0.5) is 0 Å². The Kier molecular flexibility index (Phi) is 5.55. The van der Waals surface area contributed by atoms with E-state index < -0.39 is 12.0 Å². The molecule has 0 radical (unpaired) electrons. The van der Waals surface area contributed by atoms with Crippen LogP contribution in [0.5, 0.6) is 11.5 Å². The van der Waals surface area contributed by atoms with Gasteiger partial charge in [-0.25, -0.2) is 0 Å². The van der Waals surface area contributed by atoms with E-state index in [1.54, 1.807) is 11.8 Å². The highest BCUT2D eigenvalue weighted by molar-refractivity contribution is 7.98. The maximum atomic E-state index is 11.1. The number of hydrogen-bond donors (Lipinski definition) is 2. The van der Waals surface area contributed by atoms with Crippen LogP contribution in [0.1, 0.15) is 12.0 Å². The molecule has 2 rings (SSSR count). The number of aliphatic carboxylic acids is 1. The largest absolute Gasteiger partial charge is 0.486 e. The molecule has 0 amide bonds. The maximum absolute atomic E-state index is 11.1. The van der Waals surface area contributed by atoms with Crippen molar-refractivity contribution in [1.29, 1.82) is 0 Å². The number of fused-ring (bicyclic) bond motifs is 1. The van der Waals surface area contributed by atoms with Gasteiger partial charge in [0, 0.05) is 6.54 Å². The van der Waals surface area contributed by atoms with Crippen LogP contribution >= 0.6 is 11.8 Å². The molecule has 0 aromatic heterocycles. The minimum absolute atomic E-state index is 0.502. The number of carboxylic acids is 1. The first-order valence-corrected chi connectivity index (χ1v) is 7.93. The number of carbonyl (C=O) groups is 1. The summed E-state index contributed by atoms with van der Waals surface area (Å²) < 4.78 is 11.0. The van der Waals surface area contributed by atoms with Crippen LogP contribution < -0.4 is 14.8 Å². The van der Waals surface area contributed by atoms with E-state index in [1.165, 1.54) is 0 Å². The molecule has 0 fully saturated rings. The molecular formula is C14H19NO4S. The molecule has 0 bridgehead atoms. The first kappa shape index (κ1) is 15.0. The molecule has 1 heterocycles. The smallest absolute Gasteiger partial charge is 0.320 e. The van der Waals surface area contributed by atoms with Gasteiger partial charge in [0.05, 0.1) is 0 Å². The van der Waals surface area contributed by atoms with Crippen molar-refractivity contribution in [3.05, 3.63) is 23.8 Å². The Bertz CT molecular complexity index is 466. The SMILES string of the molecule is CSCCC(NCc1ccc2c(c1)OCCO2)C(=O)O. The molecule has 20 heavy (non-hydrogen) atoms. The van der Waals surface area contributed by atoms with Crippen molar-refractivity contribution in [2.75, 3.05) is 25.2 Å². The van der Waals surface area contributed by atoms with E-state index in [2.05, 4.69) is 5.32 Å². The third-order valence-corrected chi connectivity index (χ3v) is 3.71. The normalized spacial score (nSPS) is 14.8. The number of benzene rings is 1. The van der Waals surface area contributed by atoms with E-state index in [0.717, 1.165) is 22.8 Å². The third-order valence-electron chi connectivity index (χ3n) is 3.07. The van der Waals surface area contributed by atoms with Crippen molar-refractivity contribution in [3.63, 3.8) is 0 Å². The number of nitrogens with one attached hydrogen (secondary N) is 1. The fourth-order valence-electron chi connectivity index (χ4n) is 1.99. The lowest BCUT2D eigenvalue weighted by molar-refractivity contribution is -0.139. The van der Waals surface area contributed by atoms with Gasteiger partial charge in [0.1, 0.15) is 19.3 Å². The highest BCUT2D eigenvalue weighted by Gasteiger charge is 2.17. The average molecular weight is 297 g/mol. The van der Waals surface area contributed by atoms with Gasteiger partial charge < -0.3 is 19.9 Å². The van der Waals surface area contributed by atoms with Gasteiger partial charge in [0.15, 0.2) is 11.5 Å². The Hall–Kier alpha value is -1.40. The minimum atomic E-state index is -0.809. The van der Waals surface area contributed by atoms with E-state index in [-0.39, 0.29) is 0 Å². The van der Waals surface area contributed by atoms with Crippen molar-refractivity contribution in [1.82, 2.24) is 5.32 Å².